The summed E-state index contributed by atoms with van der Waals surface area (Å²) in [5.41, 5.74) is 1.46. The zero-order valence-corrected chi connectivity index (χ0v) is 16.4. The van der Waals surface area contributed by atoms with Crippen LogP contribution in [0.3, 0.4) is 0 Å². The van der Waals surface area contributed by atoms with Gasteiger partial charge in [-0.2, -0.15) is 0 Å². The molecule has 0 saturated carbocycles. The van der Waals surface area contributed by atoms with E-state index in [1.807, 2.05) is 17.0 Å². The number of aromatic nitrogens is 1. The maximum atomic E-state index is 12.4. The minimum absolute atomic E-state index is 0.0267. The molecule has 2 aliphatic heterocycles. The van der Waals surface area contributed by atoms with Crippen LogP contribution in [0.15, 0.2) is 18.3 Å². The molecule has 3 heterocycles. The van der Waals surface area contributed by atoms with Gasteiger partial charge < -0.3 is 9.80 Å². The summed E-state index contributed by atoms with van der Waals surface area (Å²) in [6, 6.07) is 3.69. The number of likely N-dealkylation sites (tertiary alicyclic amines) is 2. The maximum absolute atomic E-state index is 12.4. The molecule has 27 heavy (non-hydrogen) atoms. The smallest absolute Gasteiger partial charge is 0.255 e. The lowest BCUT2D eigenvalue weighted by molar-refractivity contribution is -0.131. The van der Waals surface area contributed by atoms with Crippen LogP contribution >= 0.6 is 0 Å². The van der Waals surface area contributed by atoms with Gasteiger partial charge in [0.25, 0.3) is 5.91 Å². The van der Waals surface area contributed by atoms with Crippen molar-refractivity contribution in [3.05, 3.63) is 29.6 Å². The van der Waals surface area contributed by atoms with Gasteiger partial charge in [0.15, 0.2) is 0 Å². The Balaban J connectivity index is 1.60. The fourth-order valence-corrected chi connectivity index (χ4v) is 4.01. The lowest BCUT2D eigenvalue weighted by atomic mass is 9.94. The van der Waals surface area contributed by atoms with Gasteiger partial charge >= 0.3 is 0 Å². The minimum atomic E-state index is -3.39. The van der Waals surface area contributed by atoms with Crippen LogP contribution < -0.4 is 4.72 Å². The van der Waals surface area contributed by atoms with Crippen molar-refractivity contribution in [2.45, 2.75) is 31.6 Å². The first-order valence-electron chi connectivity index (χ1n) is 9.31. The summed E-state index contributed by atoms with van der Waals surface area (Å²) in [5.74, 6) is -0.110. The zero-order chi connectivity index (χ0) is 19.4. The molecule has 3 rings (SSSR count). The molecule has 1 atom stereocenters. The van der Waals surface area contributed by atoms with Gasteiger partial charge in [0, 0.05) is 44.0 Å². The molecular formula is C18H26N4O4S. The van der Waals surface area contributed by atoms with Crippen LogP contribution in [0.2, 0.25) is 0 Å². The summed E-state index contributed by atoms with van der Waals surface area (Å²) in [7, 11) is -3.39. The van der Waals surface area contributed by atoms with E-state index >= 15 is 0 Å². The molecule has 0 radical (unpaired) electrons. The number of carbonyl (C=O) groups is 2. The van der Waals surface area contributed by atoms with Gasteiger partial charge in [-0.15, -0.1) is 0 Å². The van der Waals surface area contributed by atoms with Gasteiger partial charge in [-0.05, 0) is 37.8 Å². The van der Waals surface area contributed by atoms with Crippen molar-refractivity contribution >= 4 is 21.8 Å². The van der Waals surface area contributed by atoms with E-state index in [4.69, 9.17) is 0 Å². The second-order valence-electron chi connectivity index (χ2n) is 7.24. The summed E-state index contributed by atoms with van der Waals surface area (Å²) >= 11 is 0. The topological polar surface area (TPSA) is 99.7 Å². The van der Waals surface area contributed by atoms with Crippen molar-refractivity contribution in [3.8, 4) is 0 Å². The second-order valence-corrected chi connectivity index (χ2v) is 9.08. The van der Waals surface area contributed by atoms with E-state index in [0.717, 1.165) is 50.7 Å². The third kappa shape index (κ3) is 5.26. The van der Waals surface area contributed by atoms with Gasteiger partial charge in [0.1, 0.15) is 0 Å². The van der Waals surface area contributed by atoms with E-state index < -0.39 is 10.0 Å². The first-order chi connectivity index (χ1) is 12.8. The van der Waals surface area contributed by atoms with Gasteiger partial charge in [0.05, 0.1) is 18.4 Å². The summed E-state index contributed by atoms with van der Waals surface area (Å²) < 4.78 is 24.6. The molecule has 8 nitrogen and oxygen atoms in total. The van der Waals surface area contributed by atoms with Crippen LogP contribution in [0.5, 0.6) is 0 Å². The van der Waals surface area contributed by atoms with Crippen molar-refractivity contribution in [1.82, 2.24) is 19.5 Å². The molecule has 2 aliphatic rings. The van der Waals surface area contributed by atoms with Gasteiger partial charge in [0.2, 0.25) is 15.9 Å². The number of hydrogen-bond acceptors (Lipinski definition) is 5. The molecule has 1 aromatic heterocycles. The van der Waals surface area contributed by atoms with Crippen molar-refractivity contribution in [1.29, 1.82) is 0 Å². The number of nitrogens with one attached hydrogen (secondary N) is 1. The van der Waals surface area contributed by atoms with E-state index in [2.05, 4.69) is 9.71 Å². The number of carbonyl (C=O) groups excluding carboxylic acids is 2. The van der Waals surface area contributed by atoms with Gasteiger partial charge in [-0.3, -0.25) is 14.6 Å². The molecule has 2 fully saturated rings. The fourth-order valence-electron chi connectivity index (χ4n) is 3.63. The van der Waals surface area contributed by atoms with E-state index in [0.29, 0.717) is 18.7 Å². The first kappa shape index (κ1) is 19.8. The Morgan fingerprint density at radius 3 is 2.48 bits per heavy atom. The molecule has 2 saturated heterocycles. The second kappa shape index (κ2) is 8.35. The molecule has 1 aromatic rings. The highest BCUT2D eigenvalue weighted by Crippen LogP contribution is 2.26. The highest BCUT2D eigenvalue weighted by atomic mass is 32.2. The Kier molecular flexibility index (Phi) is 6.11. The number of sulfonamides is 1. The Bertz CT molecular complexity index is 788. The molecule has 0 aliphatic carbocycles. The Labute approximate surface area is 160 Å². The quantitative estimate of drug-likeness (QED) is 0.787. The fraction of sp³-hybridized carbons (Fsp3) is 0.611. The number of piperidine rings is 1. The minimum Gasteiger partial charge on any atom is -0.341 e. The van der Waals surface area contributed by atoms with E-state index in [1.165, 1.54) is 0 Å². The van der Waals surface area contributed by atoms with Crippen molar-refractivity contribution < 1.29 is 18.0 Å². The first-order valence-corrected chi connectivity index (χ1v) is 11.2. The predicted molar refractivity (Wildman–Crippen MR) is 101 cm³/mol. The Morgan fingerprint density at radius 1 is 1.15 bits per heavy atom. The highest BCUT2D eigenvalue weighted by molar-refractivity contribution is 7.88. The standard InChI is InChI=1S/C18H26N4O4S/c1-27(25,26)20-12-17(23)22-10-4-5-15(13-22)16-7-6-14(11-19-16)18(24)21-8-2-3-9-21/h6-7,11,15,20H,2-5,8-10,12-13H2,1H3. The van der Waals surface area contributed by atoms with Gasteiger partial charge in [-0.25, -0.2) is 13.1 Å². The summed E-state index contributed by atoms with van der Waals surface area (Å²) in [5, 5.41) is 0. The molecule has 0 aromatic carbocycles. The molecule has 2 amide bonds. The van der Waals surface area contributed by atoms with Crippen LogP contribution in [0.1, 0.15) is 47.7 Å². The van der Waals surface area contributed by atoms with Gasteiger partial charge in [-0.1, -0.05) is 0 Å². The third-order valence-corrected chi connectivity index (χ3v) is 5.77. The monoisotopic (exact) mass is 394 g/mol. The lowest BCUT2D eigenvalue weighted by Crippen LogP contribution is -2.44. The van der Waals surface area contributed by atoms with Crippen LogP contribution in [0.25, 0.3) is 0 Å². The Morgan fingerprint density at radius 2 is 1.85 bits per heavy atom. The number of hydrogen-bond donors (Lipinski definition) is 1. The molecule has 0 bridgehead atoms. The lowest BCUT2D eigenvalue weighted by Gasteiger charge is -2.32. The molecule has 9 heteroatoms. The predicted octanol–water partition coefficient (Wildman–Crippen LogP) is 0.573. The maximum Gasteiger partial charge on any atom is 0.255 e. The molecule has 1 N–H and O–H groups in total. The SMILES string of the molecule is CS(=O)(=O)NCC(=O)N1CCCC(c2ccc(C(=O)N3CCCC3)cn2)C1. The van der Waals surface area contributed by atoms with E-state index in [1.54, 1.807) is 11.1 Å². The molecular weight excluding hydrogens is 368 g/mol. The van der Waals surface area contributed by atoms with Crippen LogP contribution in [0, 0.1) is 0 Å². The van der Waals surface area contributed by atoms with Crippen LogP contribution in [0.4, 0.5) is 0 Å². The molecule has 1 unspecified atom stereocenters. The molecule has 148 valence electrons. The summed E-state index contributed by atoms with van der Waals surface area (Å²) in [6.45, 7) is 2.52. The van der Waals surface area contributed by atoms with Crippen molar-refractivity contribution in [2.75, 3.05) is 39.0 Å². The average Bonchev–Trinajstić information content (AvgIpc) is 3.20. The number of nitrogens with zero attached hydrogens (tertiary/aromatic N) is 3. The summed E-state index contributed by atoms with van der Waals surface area (Å²) in [4.78, 5) is 32.7. The highest BCUT2D eigenvalue weighted by Gasteiger charge is 2.26. The Hall–Kier alpha value is -2.00. The van der Waals surface area contributed by atoms with Crippen LogP contribution in [-0.2, 0) is 14.8 Å². The summed E-state index contributed by atoms with van der Waals surface area (Å²) in [6.07, 6.45) is 6.52. The largest absolute Gasteiger partial charge is 0.341 e. The van der Waals surface area contributed by atoms with Crippen molar-refractivity contribution in [3.63, 3.8) is 0 Å². The third-order valence-electron chi connectivity index (χ3n) is 5.10. The molecule has 0 spiro atoms. The normalized spacial score (nSPS) is 20.7. The number of amides is 2. The number of rotatable bonds is 5. The number of pyridine rings is 1. The van der Waals surface area contributed by atoms with Crippen LogP contribution in [-0.4, -0.2) is 74.0 Å². The van der Waals surface area contributed by atoms with E-state index in [9.17, 15) is 18.0 Å². The average molecular weight is 394 g/mol. The zero-order valence-electron chi connectivity index (χ0n) is 15.6. The van der Waals surface area contributed by atoms with E-state index in [-0.39, 0.29) is 24.3 Å². The van der Waals surface area contributed by atoms with Crippen molar-refractivity contribution in [2.24, 2.45) is 0 Å².